The Bertz CT molecular complexity index is 745. The summed E-state index contributed by atoms with van der Waals surface area (Å²) in [5.74, 6) is 0.132. The number of hydrogen-bond acceptors (Lipinski definition) is 3. The highest BCUT2D eigenvalue weighted by Crippen LogP contribution is 2.17. The van der Waals surface area contributed by atoms with Crippen LogP contribution >= 0.6 is 11.6 Å². The van der Waals surface area contributed by atoms with Crippen LogP contribution in [-0.4, -0.2) is 25.0 Å². The zero-order valence-electron chi connectivity index (χ0n) is 13.6. The normalized spacial score (nSPS) is 9.96. The lowest BCUT2D eigenvalue weighted by atomic mass is 10.1. The minimum atomic E-state index is -0.270. The van der Waals surface area contributed by atoms with Crippen molar-refractivity contribution in [3.63, 3.8) is 0 Å². The number of ether oxygens (including phenoxy) is 1. The molecule has 2 aromatic carbocycles. The summed E-state index contributed by atoms with van der Waals surface area (Å²) in [5, 5.41) is 6.05. The van der Waals surface area contributed by atoms with E-state index in [0.29, 0.717) is 28.6 Å². The second-order valence-corrected chi connectivity index (χ2v) is 5.58. The topological polar surface area (TPSA) is 67.4 Å². The maximum absolute atomic E-state index is 12.1. The number of halogens is 1. The number of amides is 2. The first kappa shape index (κ1) is 18.5. The van der Waals surface area contributed by atoms with E-state index in [0.717, 1.165) is 0 Å². The summed E-state index contributed by atoms with van der Waals surface area (Å²) in [5.41, 5.74) is 0.858. The molecule has 0 saturated carbocycles. The molecule has 0 aliphatic rings. The van der Waals surface area contributed by atoms with E-state index < -0.39 is 0 Å². The molecule has 0 atom stereocenters. The van der Waals surface area contributed by atoms with Crippen LogP contribution in [0.3, 0.4) is 0 Å². The van der Waals surface area contributed by atoms with Crippen molar-refractivity contribution in [3.8, 4) is 5.75 Å². The largest absolute Gasteiger partial charge is 0.493 e. The number of carbonyl (C=O) groups excluding carboxylic acids is 2. The van der Waals surface area contributed by atoms with Gasteiger partial charge in [-0.25, -0.2) is 0 Å². The Balaban J connectivity index is 1.88. The summed E-state index contributed by atoms with van der Waals surface area (Å²) < 4.78 is 5.49. The zero-order chi connectivity index (χ0) is 18.1. The molecule has 0 heterocycles. The summed E-state index contributed by atoms with van der Waals surface area (Å²) in [6.07, 6.45) is 1.75. The molecule has 0 bridgehead atoms. The van der Waals surface area contributed by atoms with Gasteiger partial charge in [0.05, 0.1) is 24.3 Å². The van der Waals surface area contributed by atoms with Crippen LogP contribution in [0.4, 0.5) is 5.69 Å². The van der Waals surface area contributed by atoms with Crippen LogP contribution in [0.2, 0.25) is 5.02 Å². The van der Waals surface area contributed by atoms with Gasteiger partial charge < -0.3 is 15.4 Å². The van der Waals surface area contributed by atoms with Crippen molar-refractivity contribution in [3.05, 3.63) is 71.8 Å². The van der Waals surface area contributed by atoms with Gasteiger partial charge in [0.1, 0.15) is 5.75 Å². The molecule has 2 amide bonds. The van der Waals surface area contributed by atoms with E-state index in [-0.39, 0.29) is 24.8 Å². The Morgan fingerprint density at radius 1 is 1.12 bits per heavy atom. The zero-order valence-corrected chi connectivity index (χ0v) is 14.4. The van der Waals surface area contributed by atoms with Gasteiger partial charge in [0.2, 0.25) is 5.91 Å². The Labute approximate surface area is 151 Å². The molecule has 0 radical (unpaired) electrons. The molecular formula is C19H19ClN2O3. The summed E-state index contributed by atoms with van der Waals surface area (Å²) >= 11 is 5.80. The van der Waals surface area contributed by atoms with Crippen LogP contribution in [0, 0.1) is 0 Å². The van der Waals surface area contributed by atoms with Crippen molar-refractivity contribution in [1.29, 1.82) is 0 Å². The molecule has 6 heteroatoms. The number of anilines is 1. The van der Waals surface area contributed by atoms with Gasteiger partial charge in [0, 0.05) is 11.6 Å². The van der Waals surface area contributed by atoms with E-state index >= 15 is 0 Å². The molecular weight excluding hydrogens is 340 g/mol. The Morgan fingerprint density at radius 2 is 1.84 bits per heavy atom. The van der Waals surface area contributed by atoms with Gasteiger partial charge in [-0.2, -0.15) is 0 Å². The van der Waals surface area contributed by atoms with Crippen LogP contribution < -0.4 is 15.4 Å². The van der Waals surface area contributed by atoms with Gasteiger partial charge in [-0.05, 0) is 36.4 Å². The number of benzene rings is 2. The quantitative estimate of drug-likeness (QED) is 0.707. The van der Waals surface area contributed by atoms with Crippen LogP contribution in [0.25, 0.3) is 0 Å². The number of rotatable bonds is 8. The minimum absolute atomic E-state index is 0.158. The molecule has 0 aliphatic heterocycles. The predicted molar refractivity (Wildman–Crippen MR) is 99.2 cm³/mol. The first-order chi connectivity index (χ1) is 12.1. The van der Waals surface area contributed by atoms with Gasteiger partial charge >= 0.3 is 0 Å². The molecule has 0 saturated heterocycles. The lowest BCUT2D eigenvalue weighted by Crippen LogP contribution is -2.25. The molecule has 25 heavy (non-hydrogen) atoms. The van der Waals surface area contributed by atoms with Gasteiger partial charge in [0.25, 0.3) is 5.91 Å². The summed E-state index contributed by atoms with van der Waals surface area (Å²) in [6, 6.07) is 13.7. The van der Waals surface area contributed by atoms with Gasteiger partial charge in [0.15, 0.2) is 0 Å². The Kier molecular flexibility index (Phi) is 7.04. The molecule has 2 rings (SSSR count). The molecule has 0 aliphatic carbocycles. The molecule has 130 valence electrons. The second-order valence-electron chi connectivity index (χ2n) is 5.14. The molecule has 5 nitrogen and oxygen atoms in total. The Hall–Kier alpha value is -2.79. The first-order valence-electron chi connectivity index (χ1n) is 7.76. The Morgan fingerprint density at radius 3 is 2.56 bits per heavy atom. The highest BCUT2D eigenvalue weighted by atomic mass is 35.5. The molecule has 0 fully saturated rings. The standard InChI is InChI=1S/C19H19ClN2O3/c1-2-12-21-19(24)16-5-3-4-6-17(16)22-18(23)11-13-25-15-9-7-14(20)8-10-15/h2-10H,1,11-13H2,(H,21,24)(H,22,23). The molecule has 0 spiro atoms. The molecule has 0 aromatic heterocycles. The van der Waals surface area contributed by atoms with Crippen molar-refractivity contribution in [2.24, 2.45) is 0 Å². The van der Waals surface area contributed by atoms with Crippen LogP contribution in [0.1, 0.15) is 16.8 Å². The fourth-order valence-electron chi connectivity index (χ4n) is 2.06. The van der Waals surface area contributed by atoms with Crippen molar-refractivity contribution in [1.82, 2.24) is 5.32 Å². The lowest BCUT2D eigenvalue weighted by Gasteiger charge is -2.11. The van der Waals surface area contributed by atoms with E-state index in [1.54, 1.807) is 54.6 Å². The first-order valence-corrected chi connectivity index (χ1v) is 8.14. The molecule has 2 aromatic rings. The van der Waals surface area contributed by atoms with Crippen LogP contribution in [0.5, 0.6) is 5.75 Å². The fourth-order valence-corrected chi connectivity index (χ4v) is 2.18. The van der Waals surface area contributed by atoms with Crippen molar-refractivity contribution in [2.45, 2.75) is 6.42 Å². The van der Waals surface area contributed by atoms with E-state index in [2.05, 4.69) is 17.2 Å². The monoisotopic (exact) mass is 358 g/mol. The minimum Gasteiger partial charge on any atom is -0.493 e. The van der Waals surface area contributed by atoms with Crippen LogP contribution in [-0.2, 0) is 4.79 Å². The van der Waals surface area contributed by atoms with Gasteiger partial charge in [-0.1, -0.05) is 29.8 Å². The predicted octanol–water partition coefficient (Wildman–Crippen LogP) is 3.66. The fraction of sp³-hybridized carbons (Fsp3) is 0.158. The molecule has 2 N–H and O–H groups in total. The van der Waals surface area contributed by atoms with Crippen molar-refractivity contribution in [2.75, 3.05) is 18.5 Å². The highest BCUT2D eigenvalue weighted by Gasteiger charge is 2.12. The van der Waals surface area contributed by atoms with E-state index in [9.17, 15) is 9.59 Å². The van der Waals surface area contributed by atoms with E-state index in [1.807, 2.05) is 0 Å². The third kappa shape index (κ3) is 5.97. The number of nitrogens with one attached hydrogen (secondary N) is 2. The summed E-state index contributed by atoms with van der Waals surface area (Å²) in [6.45, 7) is 4.13. The lowest BCUT2D eigenvalue weighted by molar-refractivity contribution is -0.116. The second kappa shape index (κ2) is 9.49. The summed E-state index contributed by atoms with van der Waals surface area (Å²) in [7, 11) is 0. The smallest absolute Gasteiger partial charge is 0.253 e. The number of carbonyl (C=O) groups is 2. The maximum atomic E-state index is 12.1. The SMILES string of the molecule is C=CCNC(=O)c1ccccc1NC(=O)CCOc1ccc(Cl)cc1. The van der Waals surface area contributed by atoms with Crippen molar-refractivity contribution >= 4 is 29.1 Å². The van der Waals surface area contributed by atoms with Crippen molar-refractivity contribution < 1.29 is 14.3 Å². The third-order valence-corrected chi connectivity index (χ3v) is 3.52. The number of para-hydroxylation sites is 1. The molecule has 0 unspecified atom stereocenters. The average Bonchev–Trinajstić information content (AvgIpc) is 2.62. The summed E-state index contributed by atoms with van der Waals surface area (Å²) in [4.78, 5) is 24.2. The van der Waals surface area contributed by atoms with Crippen LogP contribution in [0.15, 0.2) is 61.2 Å². The van der Waals surface area contributed by atoms with E-state index in [1.165, 1.54) is 0 Å². The van der Waals surface area contributed by atoms with E-state index in [4.69, 9.17) is 16.3 Å². The van der Waals surface area contributed by atoms with Gasteiger partial charge in [-0.15, -0.1) is 6.58 Å². The van der Waals surface area contributed by atoms with Gasteiger partial charge in [-0.3, -0.25) is 9.59 Å². The average molecular weight is 359 g/mol. The maximum Gasteiger partial charge on any atom is 0.253 e. The number of hydrogen-bond donors (Lipinski definition) is 2. The highest BCUT2D eigenvalue weighted by molar-refractivity contribution is 6.30. The third-order valence-electron chi connectivity index (χ3n) is 3.26.